The average molecular weight is 321 g/mol. The molecule has 0 spiro atoms. The minimum absolute atomic E-state index is 0.0320. The van der Waals surface area contributed by atoms with Crippen LogP contribution < -0.4 is 5.32 Å². The summed E-state index contributed by atoms with van der Waals surface area (Å²) in [6.45, 7) is 2.11. The maximum Gasteiger partial charge on any atom is 0.143 e. The Morgan fingerprint density at radius 3 is 2.71 bits per heavy atom. The van der Waals surface area contributed by atoms with Crippen LogP contribution in [0.3, 0.4) is 0 Å². The molecule has 2 N–H and O–H groups in total. The van der Waals surface area contributed by atoms with Crippen LogP contribution in [0.1, 0.15) is 35.7 Å². The number of nitrogens with zero attached hydrogens (tertiary/aromatic N) is 4. The van der Waals surface area contributed by atoms with Gasteiger partial charge in [-0.25, -0.2) is 4.68 Å². The van der Waals surface area contributed by atoms with E-state index in [2.05, 4.69) is 52.0 Å². The second-order valence-electron chi connectivity index (χ2n) is 6.18. The number of tetrazole rings is 1. The fourth-order valence-electron chi connectivity index (χ4n) is 3.34. The predicted octanol–water partition coefficient (Wildman–Crippen LogP) is 1.97. The Labute approximate surface area is 140 Å². The third-order valence-electron chi connectivity index (χ3n) is 4.64. The maximum absolute atomic E-state index is 10.4. The molecular weight excluding hydrogens is 302 g/mol. The van der Waals surface area contributed by atoms with Crippen LogP contribution in [-0.2, 0) is 6.42 Å². The minimum Gasteiger partial charge on any atom is -0.391 e. The molecule has 0 saturated heterocycles. The lowest BCUT2D eigenvalue weighted by Gasteiger charge is -2.23. The molecule has 0 saturated carbocycles. The maximum atomic E-state index is 10.4. The van der Waals surface area contributed by atoms with E-state index in [-0.39, 0.29) is 18.2 Å². The minimum atomic E-state index is -0.384. The molecule has 2 aromatic carbocycles. The smallest absolute Gasteiger partial charge is 0.143 e. The van der Waals surface area contributed by atoms with Gasteiger partial charge in [-0.3, -0.25) is 0 Å². The molecule has 6 heteroatoms. The van der Waals surface area contributed by atoms with Crippen molar-refractivity contribution in [1.82, 2.24) is 25.5 Å². The SMILES string of the molecule is CC(NC1c2ccccc2CC1O)c1ccc(-n2cnnn2)cc1. The Morgan fingerprint density at radius 2 is 1.96 bits per heavy atom. The van der Waals surface area contributed by atoms with Crippen LogP contribution in [0.25, 0.3) is 5.69 Å². The van der Waals surface area contributed by atoms with Gasteiger partial charge in [0.15, 0.2) is 0 Å². The second kappa shape index (κ2) is 6.14. The lowest BCUT2D eigenvalue weighted by atomic mass is 10.0. The van der Waals surface area contributed by atoms with Crippen molar-refractivity contribution in [2.24, 2.45) is 0 Å². The van der Waals surface area contributed by atoms with Crippen molar-refractivity contribution in [1.29, 1.82) is 0 Å². The van der Waals surface area contributed by atoms with Gasteiger partial charge >= 0.3 is 0 Å². The van der Waals surface area contributed by atoms with Crippen LogP contribution >= 0.6 is 0 Å². The number of aromatic nitrogens is 4. The number of hydrogen-bond acceptors (Lipinski definition) is 5. The van der Waals surface area contributed by atoms with E-state index < -0.39 is 0 Å². The van der Waals surface area contributed by atoms with Crippen LogP contribution in [-0.4, -0.2) is 31.4 Å². The first-order chi connectivity index (χ1) is 11.7. The zero-order valence-corrected chi connectivity index (χ0v) is 13.4. The highest BCUT2D eigenvalue weighted by Crippen LogP contribution is 2.33. The van der Waals surface area contributed by atoms with Crippen molar-refractivity contribution in [3.05, 3.63) is 71.5 Å². The first-order valence-corrected chi connectivity index (χ1v) is 8.07. The molecule has 0 bridgehead atoms. The van der Waals surface area contributed by atoms with Crippen LogP contribution in [0.4, 0.5) is 0 Å². The van der Waals surface area contributed by atoms with Gasteiger partial charge in [0.25, 0.3) is 0 Å². The number of fused-ring (bicyclic) bond motifs is 1. The van der Waals surface area contributed by atoms with Gasteiger partial charge in [-0.1, -0.05) is 36.4 Å². The van der Waals surface area contributed by atoms with Crippen molar-refractivity contribution < 1.29 is 5.11 Å². The summed E-state index contributed by atoms with van der Waals surface area (Å²) in [6.07, 6.45) is 1.90. The van der Waals surface area contributed by atoms with Crippen molar-refractivity contribution in [2.75, 3.05) is 0 Å². The summed E-state index contributed by atoms with van der Waals surface area (Å²) in [5, 5.41) is 25.1. The molecule has 3 atom stereocenters. The Kier molecular flexibility index (Phi) is 3.84. The normalized spacial score (nSPS) is 20.8. The number of hydrogen-bond donors (Lipinski definition) is 2. The molecule has 3 unspecified atom stereocenters. The zero-order chi connectivity index (χ0) is 16.5. The molecular formula is C18H19N5O. The third-order valence-corrected chi connectivity index (χ3v) is 4.64. The summed E-state index contributed by atoms with van der Waals surface area (Å²) < 4.78 is 1.62. The molecule has 1 aliphatic rings. The molecule has 4 rings (SSSR count). The largest absolute Gasteiger partial charge is 0.391 e. The van der Waals surface area contributed by atoms with E-state index in [9.17, 15) is 5.11 Å². The van der Waals surface area contributed by atoms with Gasteiger partial charge < -0.3 is 10.4 Å². The van der Waals surface area contributed by atoms with Gasteiger partial charge in [0.05, 0.1) is 17.8 Å². The van der Waals surface area contributed by atoms with Crippen LogP contribution in [0.15, 0.2) is 54.9 Å². The Hall–Kier alpha value is -2.57. The summed E-state index contributed by atoms with van der Waals surface area (Å²) >= 11 is 0. The van der Waals surface area contributed by atoms with E-state index in [1.54, 1.807) is 11.0 Å². The van der Waals surface area contributed by atoms with E-state index >= 15 is 0 Å². The molecule has 1 heterocycles. The monoisotopic (exact) mass is 321 g/mol. The second-order valence-corrected chi connectivity index (χ2v) is 6.18. The van der Waals surface area contributed by atoms with Crippen molar-refractivity contribution in [3.63, 3.8) is 0 Å². The van der Waals surface area contributed by atoms with Crippen molar-refractivity contribution >= 4 is 0 Å². The van der Waals surface area contributed by atoms with E-state index in [0.29, 0.717) is 6.42 Å². The number of aliphatic hydroxyl groups excluding tert-OH is 1. The molecule has 1 aliphatic carbocycles. The summed E-state index contributed by atoms with van der Waals surface area (Å²) in [5.74, 6) is 0. The summed E-state index contributed by atoms with van der Waals surface area (Å²) in [5.41, 5.74) is 4.50. The van der Waals surface area contributed by atoms with E-state index in [0.717, 1.165) is 11.3 Å². The van der Waals surface area contributed by atoms with Crippen LogP contribution in [0.2, 0.25) is 0 Å². The molecule has 122 valence electrons. The molecule has 3 aromatic rings. The Bertz CT molecular complexity index is 816. The quantitative estimate of drug-likeness (QED) is 0.768. The first kappa shape index (κ1) is 15.0. The average Bonchev–Trinajstić information content (AvgIpc) is 3.24. The molecule has 0 fully saturated rings. The van der Waals surface area contributed by atoms with Crippen molar-refractivity contribution in [2.45, 2.75) is 31.5 Å². The van der Waals surface area contributed by atoms with Gasteiger partial charge in [0.1, 0.15) is 6.33 Å². The number of benzene rings is 2. The Balaban J connectivity index is 1.51. The van der Waals surface area contributed by atoms with E-state index in [1.807, 2.05) is 24.3 Å². The summed E-state index contributed by atoms with van der Waals surface area (Å²) in [7, 11) is 0. The first-order valence-electron chi connectivity index (χ1n) is 8.07. The summed E-state index contributed by atoms with van der Waals surface area (Å²) in [6, 6.07) is 16.4. The number of nitrogens with one attached hydrogen (secondary N) is 1. The molecule has 1 aromatic heterocycles. The highest BCUT2D eigenvalue weighted by Gasteiger charge is 2.31. The predicted molar refractivity (Wildman–Crippen MR) is 89.6 cm³/mol. The molecule has 6 nitrogen and oxygen atoms in total. The van der Waals surface area contributed by atoms with Gasteiger partial charge in [0, 0.05) is 12.5 Å². The zero-order valence-electron chi connectivity index (χ0n) is 13.4. The van der Waals surface area contributed by atoms with Gasteiger partial charge in [0.2, 0.25) is 0 Å². The molecule has 0 radical (unpaired) electrons. The van der Waals surface area contributed by atoms with E-state index in [1.165, 1.54) is 11.1 Å². The van der Waals surface area contributed by atoms with Crippen LogP contribution in [0.5, 0.6) is 0 Å². The highest BCUT2D eigenvalue weighted by atomic mass is 16.3. The van der Waals surface area contributed by atoms with Crippen molar-refractivity contribution in [3.8, 4) is 5.69 Å². The van der Waals surface area contributed by atoms with Gasteiger partial charge in [-0.2, -0.15) is 0 Å². The van der Waals surface area contributed by atoms with Gasteiger partial charge in [-0.15, -0.1) is 5.10 Å². The third kappa shape index (κ3) is 2.70. The lowest BCUT2D eigenvalue weighted by molar-refractivity contribution is 0.136. The number of rotatable bonds is 4. The molecule has 0 amide bonds. The lowest BCUT2D eigenvalue weighted by Crippen LogP contribution is -2.31. The summed E-state index contributed by atoms with van der Waals surface area (Å²) in [4.78, 5) is 0. The standard InChI is InChI=1S/C18H19N5O/c1-12(13-6-8-15(9-7-13)23-11-19-21-22-23)20-18-16-5-3-2-4-14(16)10-17(18)24/h2-9,11-12,17-18,20,24H,10H2,1H3. The van der Waals surface area contributed by atoms with Gasteiger partial charge in [-0.05, 0) is 46.2 Å². The van der Waals surface area contributed by atoms with Crippen LogP contribution in [0, 0.1) is 0 Å². The fourth-order valence-corrected chi connectivity index (χ4v) is 3.34. The van der Waals surface area contributed by atoms with E-state index in [4.69, 9.17) is 0 Å². The molecule has 0 aliphatic heterocycles. The molecule has 24 heavy (non-hydrogen) atoms. The topological polar surface area (TPSA) is 75.9 Å². The highest BCUT2D eigenvalue weighted by molar-refractivity contribution is 5.38. The Morgan fingerprint density at radius 1 is 1.17 bits per heavy atom. The fraction of sp³-hybridized carbons (Fsp3) is 0.278. The number of aliphatic hydroxyl groups is 1.